The second-order valence-corrected chi connectivity index (χ2v) is 6.87. The van der Waals surface area contributed by atoms with Gasteiger partial charge in [-0.1, -0.05) is 20.8 Å². The van der Waals surface area contributed by atoms with Crippen LogP contribution in [0, 0.1) is 21.4 Å². The Morgan fingerprint density at radius 2 is 2.19 bits per heavy atom. The lowest BCUT2D eigenvalue weighted by molar-refractivity contribution is -0.384. The summed E-state index contributed by atoms with van der Waals surface area (Å²) < 4.78 is 0.490. The molecule has 0 bridgehead atoms. The van der Waals surface area contributed by atoms with Crippen molar-refractivity contribution >= 4 is 33.4 Å². The third kappa shape index (κ3) is 5.66. The van der Waals surface area contributed by atoms with Gasteiger partial charge in [0.25, 0.3) is 0 Å². The number of anilines is 1. The van der Waals surface area contributed by atoms with Gasteiger partial charge in [0.2, 0.25) is 5.82 Å². The predicted molar refractivity (Wildman–Crippen MR) is 82.3 cm³/mol. The van der Waals surface area contributed by atoms with Crippen molar-refractivity contribution in [2.75, 3.05) is 11.9 Å². The maximum atomic E-state index is 11.3. The van der Waals surface area contributed by atoms with E-state index < -0.39 is 16.8 Å². The van der Waals surface area contributed by atoms with Crippen LogP contribution >= 0.6 is 15.9 Å². The molecule has 1 heterocycles. The van der Waals surface area contributed by atoms with E-state index >= 15 is 0 Å². The van der Waals surface area contributed by atoms with Crippen molar-refractivity contribution in [2.45, 2.75) is 27.2 Å². The molecular formula is C13H18BrN3O4. The Morgan fingerprint density at radius 3 is 2.67 bits per heavy atom. The zero-order valence-corrected chi connectivity index (χ0v) is 13.7. The molecule has 1 atom stereocenters. The number of nitrogens with one attached hydrogen (secondary N) is 1. The van der Waals surface area contributed by atoms with E-state index in [0.29, 0.717) is 10.9 Å². The maximum absolute atomic E-state index is 11.3. The summed E-state index contributed by atoms with van der Waals surface area (Å²) in [6.45, 7) is 5.93. The minimum Gasteiger partial charge on any atom is -0.481 e. The van der Waals surface area contributed by atoms with Gasteiger partial charge in [0, 0.05) is 23.3 Å². The number of halogens is 1. The molecule has 1 unspecified atom stereocenters. The number of nitro groups is 1. The molecule has 7 nitrogen and oxygen atoms in total. The van der Waals surface area contributed by atoms with Crippen molar-refractivity contribution in [3.05, 3.63) is 26.9 Å². The number of carbonyl (C=O) groups is 1. The Kier molecular flexibility index (Phi) is 5.65. The first kappa shape index (κ1) is 17.4. The normalized spacial score (nSPS) is 12.8. The van der Waals surface area contributed by atoms with Crippen LogP contribution in [-0.2, 0) is 4.79 Å². The van der Waals surface area contributed by atoms with Crippen LogP contribution in [0.15, 0.2) is 16.7 Å². The second-order valence-electron chi connectivity index (χ2n) is 5.96. The molecule has 2 N–H and O–H groups in total. The molecule has 0 spiro atoms. The third-order valence-corrected chi connectivity index (χ3v) is 3.19. The maximum Gasteiger partial charge on any atom is 0.312 e. The number of aliphatic carboxylic acids is 1. The number of rotatable bonds is 6. The van der Waals surface area contributed by atoms with Crippen LogP contribution < -0.4 is 5.32 Å². The smallest absolute Gasteiger partial charge is 0.312 e. The summed E-state index contributed by atoms with van der Waals surface area (Å²) in [6.07, 6.45) is 1.88. The van der Waals surface area contributed by atoms with Gasteiger partial charge in [-0.15, -0.1) is 0 Å². The average molecular weight is 360 g/mol. The van der Waals surface area contributed by atoms with E-state index in [4.69, 9.17) is 0 Å². The molecule has 116 valence electrons. The Morgan fingerprint density at radius 1 is 1.57 bits per heavy atom. The largest absolute Gasteiger partial charge is 0.481 e. The van der Waals surface area contributed by atoms with E-state index in [9.17, 15) is 20.0 Å². The number of nitrogens with zero attached hydrogens (tertiary/aromatic N) is 2. The Bertz CT molecular complexity index is 543. The van der Waals surface area contributed by atoms with Crippen LogP contribution in [0.3, 0.4) is 0 Å². The number of hydrogen-bond acceptors (Lipinski definition) is 5. The Balaban J connectivity index is 2.86. The van der Waals surface area contributed by atoms with Gasteiger partial charge in [-0.25, -0.2) is 4.98 Å². The van der Waals surface area contributed by atoms with Gasteiger partial charge in [-0.2, -0.15) is 0 Å². The van der Waals surface area contributed by atoms with Crippen molar-refractivity contribution in [1.82, 2.24) is 4.98 Å². The van der Waals surface area contributed by atoms with Crippen LogP contribution in [0.4, 0.5) is 11.5 Å². The summed E-state index contributed by atoms with van der Waals surface area (Å²) in [5.41, 5.74) is -0.339. The molecule has 0 radical (unpaired) electrons. The molecule has 0 aliphatic carbocycles. The van der Waals surface area contributed by atoms with Crippen molar-refractivity contribution in [2.24, 2.45) is 11.3 Å². The molecule has 0 fully saturated rings. The zero-order chi connectivity index (χ0) is 16.2. The highest BCUT2D eigenvalue weighted by Crippen LogP contribution is 2.28. The summed E-state index contributed by atoms with van der Waals surface area (Å²) in [5, 5.41) is 23.0. The summed E-state index contributed by atoms with van der Waals surface area (Å²) in [4.78, 5) is 25.6. The average Bonchev–Trinajstić information content (AvgIpc) is 2.33. The van der Waals surface area contributed by atoms with E-state index in [-0.39, 0.29) is 23.5 Å². The van der Waals surface area contributed by atoms with Crippen molar-refractivity contribution < 1.29 is 14.8 Å². The lowest BCUT2D eigenvalue weighted by Gasteiger charge is -2.23. The molecule has 0 saturated carbocycles. The van der Waals surface area contributed by atoms with E-state index in [1.54, 1.807) is 0 Å². The first-order valence-corrected chi connectivity index (χ1v) is 7.16. The molecule has 0 aliphatic heterocycles. The Hall–Kier alpha value is -1.70. The van der Waals surface area contributed by atoms with E-state index in [2.05, 4.69) is 26.2 Å². The van der Waals surface area contributed by atoms with Crippen LogP contribution in [0.2, 0.25) is 0 Å². The minimum atomic E-state index is -0.933. The molecule has 0 aromatic carbocycles. The molecule has 21 heavy (non-hydrogen) atoms. The topological polar surface area (TPSA) is 105 Å². The highest BCUT2D eigenvalue weighted by Gasteiger charge is 2.25. The summed E-state index contributed by atoms with van der Waals surface area (Å²) in [5.74, 6) is -1.50. The van der Waals surface area contributed by atoms with E-state index in [0.717, 1.165) is 0 Å². The lowest BCUT2D eigenvalue weighted by atomic mass is 9.84. The molecule has 8 heteroatoms. The van der Waals surface area contributed by atoms with Gasteiger partial charge in [0.1, 0.15) is 0 Å². The Labute approximate surface area is 131 Å². The number of aromatic nitrogens is 1. The fraction of sp³-hybridized carbons (Fsp3) is 0.538. The van der Waals surface area contributed by atoms with Gasteiger partial charge in [-0.05, 0) is 27.8 Å². The summed E-state index contributed by atoms with van der Waals surface area (Å²) in [7, 11) is 0. The van der Waals surface area contributed by atoms with Crippen molar-refractivity contribution in [3.8, 4) is 0 Å². The van der Waals surface area contributed by atoms with Crippen LogP contribution in [0.25, 0.3) is 0 Å². The highest BCUT2D eigenvalue weighted by molar-refractivity contribution is 9.10. The molecule has 1 aromatic heterocycles. The third-order valence-electron chi connectivity index (χ3n) is 2.75. The second kappa shape index (κ2) is 6.84. The van der Waals surface area contributed by atoms with Crippen LogP contribution in [0.5, 0.6) is 0 Å². The lowest BCUT2D eigenvalue weighted by Crippen LogP contribution is -2.27. The van der Waals surface area contributed by atoms with Crippen molar-refractivity contribution in [1.29, 1.82) is 0 Å². The minimum absolute atomic E-state index is 0.0726. The van der Waals surface area contributed by atoms with Gasteiger partial charge < -0.3 is 10.4 Å². The summed E-state index contributed by atoms with van der Waals surface area (Å²) >= 11 is 3.12. The SMILES string of the molecule is CC(C)(C)CC(CNc1ncc(Br)cc1[N+](=O)[O-])C(=O)O. The van der Waals surface area contributed by atoms with Gasteiger partial charge in [0.05, 0.1) is 10.8 Å². The van der Waals surface area contributed by atoms with E-state index in [1.165, 1.54) is 12.3 Å². The summed E-state index contributed by atoms with van der Waals surface area (Å²) in [6, 6.07) is 1.33. The molecule has 1 rings (SSSR count). The molecule has 0 saturated heterocycles. The quantitative estimate of drug-likeness (QED) is 0.596. The van der Waals surface area contributed by atoms with Crippen molar-refractivity contribution in [3.63, 3.8) is 0 Å². The number of carboxylic acids is 1. The predicted octanol–water partition coefficient (Wildman–Crippen LogP) is 3.30. The van der Waals surface area contributed by atoms with Gasteiger partial charge >= 0.3 is 11.7 Å². The molecule has 0 aliphatic rings. The molecule has 0 amide bonds. The molecular weight excluding hydrogens is 342 g/mol. The number of hydrogen-bond donors (Lipinski definition) is 2. The number of pyridine rings is 1. The standard InChI is InChI=1S/C13H18BrN3O4/c1-13(2,3)5-8(12(18)19)6-15-11-10(17(20)21)4-9(14)7-16-11/h4,7-8H,5-6H2,1-3H3,(H,15,16)(H,18,19). The fourth-order valence-electron chi connectivity index (χ4n) is 1.91. The fourth-order valence-corrected chi connectivity index (χ4v) is 2.23. The molecule has 1 aromatic rings. The first-order chi connectivity index (χ1) is 9.60. The van der Waals surface area contributed by atoms with Crippen LogP contribution in [-0.4, -0.2) is 27.5 Å². The first-order valence-electron chi connectivity index (χ1n) is 6.37. The zero-order valence-electron chi connectivity index (χ0n) is 12.1. The number of carboxylic acid groups (broad SMARTS) is 1. The van der Waals surface area contributed by atoms with Crippen LogP contribution in [0.1, 0.15) is 27.2 Å². The van der Waals surface area contributed by atoms with Gasteiger partial charge in [-0.3, -0.25) is 14.9 Å². The monoisotopic (exact) mass is 359 g/mol. The van der Waals surface area contributed by atoms with Gasteiger partial charge in [0.15, 0.2) is 0 Å². The highest BCUT2D eigenvalue weighted by atomic mass is 79.9. The van der Waals surface area contributed by atoms with E-state index in [1.807, 2.05) is 20.8 Å².